The van der Waals surface area contributed by atoms with Crippen molar-refractivity contribution in [3.63, 3.8) is 0 Å². The first-order valence-electron chi connectivity index (χ1n) is 10.4. The standard InChI is InChI=1S/C22H24F2N6O/c1-12-13(7-19(23)24)5-14-6-15(10-25-20(14)27-12)17-3-4-30-18(17)11-26-21(29-30)28-16-8-22(2,31)9-16/h3-4,6,10-11,13,16,19,31H,5,7-9H2,1-2H3,(H,28,29)/t13-,16?,22?/m1/s1. The van der Waals surface area contributed by atoms with Crippen LogP contribution in [0.4, 0.5) is 20.5 Å². The van der Waals surface area contributed by atoms with Crippen molar-refractivity contribution in [2.75, 3.05) is 5.32 Å². The largest absolute Gasteiger partial charge is 0.390 e. The number of aliphatic imine (C=N–C) groups is 1. The van der Waals surface area contributed by atoms with Gasteiger partial charge in [-0.2, -0.15) is 0 Å². The van der Waals surface area contributed by atoms with Crippen molar-refractivity contribution in [2.45, 2.75) is 57.6 Å². The van der Waals surface area contributed by atoms with E-state index in [1.165, 1.54) is 0 Å². The normalized spacial score (nSPS) is 25.3. The van der Waals surface area contributed by atoms with Crippen molar-refractivity contribution in [3.05, 3.63) is 36.3 Å². The van der Waals surface area contributed by atoms with Gasteiger partial charge in [0.15, 0.2) is 5.82 Å². The van der Waals surface area contributed by atoms with Gasteiger partial charge in [-0.1, -0.05) is 0 Å². The first-order valence-corrected chi connectivity index (χ1v) is 10.4. The summed E-state index contributed by atoms with van der Waals surface area (Å²) >= 11 is 0. The molecule has 3 aromatic heterocycles. The molecule has 3 aromatic rings. The summed E-state index contributed by atoms with van der Waals surface area (Å²) < 4.78 is 27.6. The van der Waals surface area contributed by atoms with E-state index >= 15 is 0 Å². The van der Waals surface area contributed by atoms with Gasteiger partial charge in [-0.3, -0.25) is 0 Å². The van der Waals surface area contributed by atoms with E-state index < -0.39 is 12.0 Å². The Morgan fingerprint density at radius 1 is 1.29 bits per heavy atom. The summed E-state index contributed by atoms with van der Waals surface area (Å²) in [5, 5.41) is 17.7. The zero-order valence-electron chi connectivity index (χ0n) is 17.4. The van der Waals surface area contributed by atoms with Gasteiger partial charge in [0.25, 0.3) is 0 Å². The second-order valence-electron chi connectivity index (χ2n) is 8.88. The van der Waals surface area contributed by atoms with Gasteiger partial charge in [0.2, 0.25) is 12.4 Å². The second kappa shape index (κ2) is 7.33. The second-order valence-corrected chi connectivity index (χ2v) is 8.88. The zero-order chi connectivity index (χ0) is 21.8. The molecule has 2 aliphatic rings. The fourth-order valence-electron chi connectivity index (χ4n) is 4.54. The van der Waals surface area contributed by atoms with Crippen LogP contribution in [0.3, 0.4) is 0 Å². The van der Waals surface area contributed by atoms with Crippen LogP contribution in [0.25, 0.3) is 16.6 Å². The molecule has 0 radical (unpaired) electrons. The van der Waals surface area contributed by atoms with Crippen molar-refractivity contribution in [2.24, 2.45) is 10.9 Å². The van der Waals surface area contributed by atoms with Gasteiger partial charge in [-0.15, -0.1) is 5.10 Å². The molecule has 9 heteroatoms. The lowest BCUT2D eigenvalue weighted by Gasteiger charge is -2.41. The summed E-state index contributed by atoms with van der Waals surface area (Å²) in [4.78, 5) is 13.3. The minimum Gasteiger partial charge on any atom is -0.390 e. The number of nitrogens with one attached hydrogen (secondary N) is 1. The van der Waals surface area contributed by atoms with Crippen molar-refractivity contribution in [1.82, 2.24) is 19.6 Å². The fourth-order valence-corrected chi connectivity index (χ4v) is 4.54. The molecule has 1 fully saturated rings. The fraction of sp³-hybridized carbons (Fsp3) is 0.455. The Kier molecular flexibility index (Phi) is 4.73. The lowest BCUT2D eigenvalue weighted by Crippen LogP contribution is -2.48. The monoisotopic (exact) mass is 426 g/mol. The van der Waals surface area contributed by atoms with Crippen molar-refractivity contribution >= 4 is 23.0 Å². The Bertz CT molecular complexity index is 1160. The Morgan fingerprint density at radius 3 is 2.84 bits per heavy atom. The molecule has 1 atom stereocenters. The number of pyridine rings is 1. The Morgan fingerprint density at radius 2 is 2.10 bits per heavy atom. The number of nitrogens with zero attached hydrogens (tertiary/aromatic N) is 5. The topological polar surface area (TPSA) is 87.7 Å². The summed E-state index contributed by atoms with van der Waals surface area (Å²) in [5.41, 5.74) is 3.61. The van der Waals surface area contributed by atoms with Crippen LogP contribution in [0.2, 0.25) is 0 Å². The number of hydrogen-bond acceptors (Lipinski definition) is 6. The highest BCUT2D eigenvalue weighted by molar-refractivity contribution is 5.89. The number of anilines is 1. The SMILES string of the molecule is CC1=Nc2ncc(-c3ccn4nc(NC5CC(C)(O)C5)ncc34)cc2C[C@@H]1CC(F)F. The lowest BCUT2D eigenvalue weighted by atomic mass is 9.77. The smallest absolute Gasteiger partial charge is 0.241 e. The minimum atomic E-state index is -2.35. The van der Waals surface area contributed by atoms with Crippen LogP contribution in [0.5, 0.6) is 0 Å². The molecular formula is C22H24F2N6O. The molecule has 1 aliphatic heterocycles. The van der Waals surface area contributed by atoms with Crippen LogP contribution >= 0.6 is 0 Å². The molecule has 4 heterocycles. The zero-order valence-corrected chi connectivity index (χ0v) is 17.4. The number of aromatic nitrogens is 4. The number of rotatable bonds is 5. The third kappa shape index (κ3) is 3.89. The van der Waals surface area contributed by atoms with Crippen LogP contribution in [0.1, 0.15) is 38.7 Å². The molecule has 0 aromatic carbocycles. The average Bonchev–Trinajstić information content (AvgIpc) is 3.10. The number of halogens is 2. The molecule has 0 amide bonds. The molecule has 0 bridgehead atoms. The maximum Gasteiger partial charge on any atom is 0.241 e. The quantitative estimate of drug-likeness (QED) is 0.643. The van der Waals surface area contributed by atoms with Crippen LogP contribution in [0.15, 0.2) is 35.7 Å². The molecule has 162 valence electrons. The maximum absolute atomic E-state index is 12.9. The summed E-state index contributed by atoms with van der Waals surface area (Å²) in [6, 6.07) is 4.09. The lowest BCUT2D eigenvalue weighted by molar-refractivity contribution is -0.0236. The summed E-state index contributed by atoms with van der Waals surface area (Å²) in [6.07, 6.45) is 4.67. The van der Waals surface area contributed by atoms with Crippen LogP contribution in [-0.2, 0) is 6.42 Å². The number of hydrogen-bond donors (Lipinski definition) is 2. The molecule has 1 saturated carbocycles. The first kappa shape index (κ1) is 20.0. The molecule has 5 rings (SSSR count). The Hall–Kier alpha value is -2.94. The number of fused-ring (bicyclic) bond motifs is 2. The summed E-state index contributed by atoms with van der Waals surface area (Å²) in [6.45, 7) is 3.61. The van der Waals surface area contributed by atoms with E-state index in [0.717, 1.165) is 22.2 Å². The molecule has 31 heavy (non-hydrogen) atoms. The number of aliphatic hydroxyl groups is 1. The molecule has 0 unspecified atom stereocenters. The van der Waals surface area contributed by atoms with Crippen molar-refractivity contribution in [1.29, 1.82) is 0 Å². The van der Waals surface area contributed by atoms with E-state index in [1.807, 2.05) is 25.3 Å². The number of alkyl halides is 2. The minimum absolute atomic E-state index is 0.164. The molecule has 7 nitrogen and oxygen atoms in total. The van der Waals surface area contributed by atoms with Gasteiger partial charge in [0.05, 0.1) is 17.3 Å². The van der Waals surface area contributed by atoms with E-state index in [-0.39, 0.29) is 18.4 Å². The third-order valence-corrected chi connectivity index (χ3v) is 6.18. The van der Waals surface area contributed by atoms with Crippen LogP contribution in [-0.4, -0.2) is 48.5 Å². The highest BCUT2D eigenvalue weighted by atomic mass is 19.3. The van der Waals surface area contributed by atoms with E-state index in [1.54, 1.807) is 23.8 Å². The highest BCUT2D eigenvalue weighted by Crippen LogP contribution is 2.35. The van der Waals surface area contributed by atoms with Gasteiger partial charge in [0.1, 0.15) is 0 Å². The van der Waals surface area contributed by atoms with E-state index in [0.29, 0.717) is 36.7 Å². The summed E-state index contributed by atoms with van der Waals surface area (Å²) in [5.74, 6) is 0.854. The average molecular weight is 426 g/mol. The van der Waals surface area contributed by atoms with Gasteiger partial charge < -0.3 is 10.4 Å². The van der Waals surface area contributed by atoms with E-state index in [2.05, 4.69) is 25.4 Å². The van der Waals surface area contributed by atoms with Crippen molar-refractivity contribution < 1.29 is 13.9 Å². The Labute approximate surface area is 178 Å². The van der Waals surface area contributed by atoms with Gasteiger partial charge in [0, 0.05) is 47.6 Å². The summed E-state index contributed by atoms with van der Waals surface area (Å²) in [7, 11) is 0. The van der Waals surface area contributed by atoms with Gasteiger partial charge >= 0.3 is 0 Å². The van der Waals surface area contributed by atoms with Crippen molar-refractivity contribution in [3.8, 4) is 11.1 Å². The van der Waals surface area contributed by atoms with Gasteiger partial charge in [-0.05, 0) is 50.8 Å². The molecule has 0 spiro atoms. The molecule has 2 N–H and O–H groups in total. The Balaban J connectivity index is 1.40. The molecule has 1 aliphatic carbocycles. The molecule has 0 saturated heterocycles. The highest BCUT2D eigenvalue weighted by Gasteiger charge is 2.38. The predicted octanol–water partition coefficient (Wildman–Crippen LogP) is 4.04. The van der Waals surface area contributed by atoms with Gasteiger partial charge in [-0.25, -0.2) is 28.3 Å². The van der Waals surface area contributed by atoms with E-state index in [9.17, 15) is 13.9 Å². The predicted molar refractivity (Wildman–Crippen MR) is 114 cm³/mol. The van der Waals surface area contributed by atoms with Crippen LogP contribution in [0, 0.1) is 5.92 Å². The van der Waals surface area contributed by atoms with E-state index in [4.69, 9.17) is 0 Å². The van der Waals surface area contributed by atoms with Crippen LogP contribution < -0.4 is 5.32 Å². The first-order chi connectivity index (χ1) is 14.8. The third-order valence-electron chi connectivity index (χ3n) is 6.18. The molecular weight excluding hydrogens is 402 g/mol. The maximum atomic E-state index is 12.9.